The Hall–Kier alpha value is -1.36. The summed E-state index contributed by atoms with van der Waals surface area (Å²) < 4.78 is 10.9. The molecular formula is C15H24N2O3. The van der Waals surface area contributed by atoms with Crippen LogP contribution < -0.4 is 0 Å². The van der Waals surface area contributed by atoms with Gasteiger partial charge in [0.1, 0.15) is 0 Å². The second-order valence-corrected chi connectivity index (χ2v) is 5.62. The van der Waals surface area contributed by atoms with E-state index in [1.54, 1.807) is 14.0 Å². The standard InChI is InChI=1S/C15H24N2O3/c1-5-7-15(10-19-4)8-6-9-17(15)14(18)13-11(2)16-12(3)20-13/h5-10H2,1-4H3/t15-/m1/s1. The van der Waals surface area contributed by atoms with Crippen molar-refractivity contribution >= 4 is 5.91 Å². The first kappa shape index (κ1) is 15.0. The molecule has 0 saturated carbocycles. The minimum absolute atomic E-state index is 0.0499. The Bertz CT molecular complexity index is 475. The van der Waals surface area contributed by atoms with Crippen molar-refractivity contribution in [2.45, 2.75) is 52.0 Å². The number of aryl methyl sites for hydroxylation is 2. The summed E-state index contributed by atoms with van der Waals surface area (Å²) in [6.07, 6.45) is 3.99. The molecular weight excluding hydrogens is 256 g/mol. The Kier molecular flexibility index (Phi) is 4.48. The highest BCUT2D eigenvalue weighted by atomic mass is 16.5. The number of hydrogen-bond acceptors (Lipinski definition) is 4. The third-order valence-electron chi connectivity index (χ3n) is 4.07. The van der Waals surface area contributed by atoms with Crippen LogP contribution in [0.3, 0.4) is 0 Å². The van der Waals surface area contributed by atoms with Crippen LogP contribution >= 0.6 is 0 Å². The topological polar surface area (TPSA) is 55.6 Å². The molecule has 2 heterocycles. The Balaban J connectivity index is 2.29. The summed E-state index contributed by atoms with van der Waals surface area (Å²) in [5, 5.41) is 0. The van der Waals surface area contributed by atoms with Crippen LogP contribution in [0.1, 0.15) is 54.7 Å². The molecule has 0 bridgehead atoms. The number of carbonyl (C=O) groups excluding carboxylic acids is 1. The molecule has 112 valence electrons. The molecule has 1 aromatic heterocycles. The van der Waals surface area contributed by atoms with Gasteiger partial charge in [-0.2, -0.15) is 0 Å². The molecule has 1 aliphatic heterocycles. The highest BCUT2D eigenvalue weighted by molar-refractivity contribution is 5.93. The fourth-order valence-corrected chi connectivity index (χ4v) is 3.32. The van der Waals surface area contributed by atoms with Crippen LogP contribution in [-0.4, -0.2) is 41.6 Å². The summed E-state index contributed by atoms with van der Waals surface area (Å²) in [4.78, 5) is 18.9. The molecule has 1 amide bonds. The Morgan fingerprint density at radius 2 is 2.25 bits per heavy atom. The van der Waals surface area contributed by atoms with Gasteiger partial charge in [-0.3, -0.25) is 4.79 Å². The van der Waals surface area contributed by atoms with Crippen LogP contribution in [0, 0.1) is 13.8 Å². The molecule has 0 aliphatic carbocycles. The summed E-state index contributed by atoms with van der Waals surface area (Å²) in [5.74, 6) is 0.866. The number of hydrogen-bond donors (Lipinski definition) is 0. The van der Waals surface area contributed by atoms with E-state index in [1.807, 2.05) is 11.8 Å². The van der Waals surface area contributed by atoms with Gasteiger partial charge >= 0.3 is 0 Å². The average Bonchev–Trinajstić information content (AvgIpc) is 2.93. The van der Waals surface area contributed by atoms with Gasteiger partial charge in [-0.1, -0.05) is 13.3 Å². The Morgan fingerprint density at radius 1 is 1.50 bits per heavy atom. The third kappa shape index (κ3) is 2.59. The quantitative estimate of drug-likeness (QED) is 0.832. The Morgan fingerprint density at radius 3 is 2.80 bits per heavy atom. The molecule has 0 aromatic carbocycles. The number of aromatic nitrogens is 1. The van der Waals surface area contributed by atoms with E-state index in [1.165, 1.54) is 0 Å². The molecule has 5 heteroatoms. The molecule has 0 unspecified atom stereocenters. The van der Waals surface area contributed by atoms with Gasteiger partial charge in [-0.15, -0.1) is 0 Å². The van der Waals surface area contributed by atoms with Crippen LogP contribution in [0.25, 0.3) is 0 Å². The van der Waals surface area contributed by atoms with E-state index in [9.17, 15) is 4.79 Å². The molecule has 0 N–H and O–H groups in total. The molecule has 0 spiro atoms. The maximum absolute atomic E-state index is 12.8. The number of likely N-dealkylation sites (tertiary alicyclic amines) is 1. The van der Waals surface area contributed by atoms with Crippen LogP contribution in [0.2, 0.25) is 0 Å². The summed E-state index contributed by atoms with van der Waals surface area (Å²) >= 11 is 0. The van der Waals surface area contributed by atoms with E-state index in [0.29, 0.717) is 24.0 Å². The number of oxazole rings is 1. The first-order chi connectivity index (χ1) is 9.54. The summed E-state index contributed by atoms with van der Waals surface area (Å²) in [7, 11) is 1.70. The van der Waals surface area contributed by atoms with Crippen molar-refractivity contribution in [1.82, 2.24) is 9.88 Å². The number of methoxy groups -OCH3 is 1. The van der Waals surface area contributed by atoms with Gasteiger partial charge in [-0.05, 0) is 26.2 Å². The second kappa shape index (κ2) is 5.95. The van der Waals surface area contributed by atoms with Crippen LogP contribution in [0.4, 0.5) is 0 Å². The number of amides is 1. The molecule has 20 heavy (non-hydrogen) atoms. The van der Waals surface area contributed by atoms with Gasteiger partial charge in [0.25, 0.3) is 5.91 Å². The first-order valence-corrected chi connectivity index (χ1v) is 7.29. The smallest absolute Gasteiger partial charge is 0.292 e. The number of ether oxygens (including phenoxy) is 1. The van der Waals surface area contributed by atoms with E-state index in [4.69, 9.17) is 9.15 Å². The maximum Gasteiger partial charge on any atom is 0.292 e. The minimum atomic E-state index is -0.187. The van der Waals surface area contributed by atoms with Crippen molar-refractivity contribution in [2.75, 3.05) is 20.3 Å². The minimum Gasteiger partial charge on any atom is -0.436 e. The van der Waals surface area contributed by atoms with Crippen molar-refractivity contribution in [3.05, 3.63) is 17.3 Å². The van der Waals surface area contributed by atoms with Crippen molar-refractivity contribution in [1.29, 1.82) is 0 Å². The van der Waals surface area contributed by atoms with Gasteiger partial charge in [-0.25, -0.2) is 4.98 Å². The summed E-state index contributed by atoms with van der Waals surface area (Å²) in [6, 6.07) is 0. The normalized spacial score (nSPS) is 22.5. The SMILES string of the molecule is CCC[C@]1(COC)CCCN1C(=O)c1oc(C)nc1C. The number of rotatable bonds is 5. The zero-order valence-electron chi connectivity index (χ0n) is 12.9. The molecule has 1 fully saturated rings. The zero-order chi connectivity index (χ0) is 14.8. The van der Waals surface area contributed by atoms with Gasteiger partial charge < -0.3 is 14.1 Å². The second-order valence-electron chi connectivity index (χ2n) is 5.62. The number of carbonyl (C=O) groups is 1. The van der Waals surface area contributed by atoms with Crippen LogP contribution in [-0.2, 0) is 4.74 Å². The van der Waals surface area contributed by atoms with E-state index in [0.717, 1.165) is 32.2 Å². The van der Waals surface area contributed by atoms with Gasteiger partial charge in [0.15, 0.2) is 5.89 Å². The highest BCUT2D eigenvalue weighted by Crippen LogP contribution is 2.35. The molecule has 1 aliphatic rings. The lowest BCUT2D eigenvalue weighted by molar-refractivity contribution is 0.0231. The molecule has 1 saturated heterocycles. The lowest BCUT2D eigenvalue weighted by atomic mass is 9.91. The molecule has 1 atom stereocenters. The van der Waals surface area contributed by atoms with Crippen molar-refractivity contribution in [2.24, 2.45) is 0 Å². The van der Waals surface area contributed by atoms with E-state index in [2.05, 4.69) is 11.9 Å². The van der Waals surface area contributed by atoms with Gasteiger partial charge in [0.2, 0.25) is 5.76 Å². The van der Waals surface area contributed by atoms with Crippen LogP contribution in [0.5, 0.6) is 0 Å². The zero-order valence-corrected chi connectivity index (χ0v) is 12.9. The predicted octanol–water partition coefficient (Wildman–Crippen LogP) is 2.71. The molecule has 0 radical (unpaired) electrons. The highest BCUT2D eigenvalue weighted by Gasteiger charge is 2.44. The fraction of sp³-hybridized carbons (Fsp3) is 0.733. The van der Waals surface area contributed by atoms with E-state index < -0.39 is 0 Å². The van der Waals surface area contributed by atoms with Crippen molar-refractivity contribution in [3.63, 3.8) is 0 Å². The Labute approximate surface area is 120 Å². The van der Waals surface area contributed by atoms with Crippen molar-refractivity contribution in [3.8, 4) is 0 Å². The average molecular weight is 280 g/mol. The van der Waals surface area contributed by atoms with Crippen molar-refractivity contribution < 1.29 is 13.9 Å². The summed E-state index contributed by atoms with van der Waals surface area (Å²) in [5.41, 5.74) is 0.482. The third-order valence-corrected chi connectivity index (χ3v) is 4.07. The maximum atomic E-state index is 12.8. The number of nitrogens with zero attached hydrogens (tertiary/aromatic N) is 2. The molecule has 2 rings (SSSR count). The summed E-state index contributed by atoms with van der Waals surface area (Å²) in [6.45, 7) is 7.07. The van der Waals surface area contributed by atoms with Crippen LogP contribution in [0.15, 0.2) is 4.42 Å². The monoisotopic (exact) mass is 280 g/mol. The lowest BCUT2D eigenvalue weighted by Crippen LogP contribution is -2.50. The van der Waals surface area contributed by atoms with Gasteiger partial charge in [0, 0.05) is 20.6 Å². The predicted molar refractivity (Wildman–Crippen MR) is 75.8 cm³/mol. The van der Waals surface area contributed by atoms with Gasteiger partial charge in [0.05, 0.1) is 17.8 Å². The first-order valence-electron chi connectivity index (χ1n) is 7.29. The molecule has 5 nitrogen and oxygen atoms in total. The van der Waals surface area contributed by atoms with E-state index >= 15 is 0 Å². The lowest BCUT2D eigenvalue weighted by Gasteiger charge is -2.37. The van der Waals surface area contributed by atoms with E-state index in [-0.39, 0.29) is 11.4 Å². The molecule has 1 aromatic rings. The largest absolute Gasteiger partial charge is 0.436 e. The fourth-order valence-electron chi connectivity index (χ4n) is 3.32.